The van der Waals surface area contributed by atoms with Gasteiger partial charge >= 0.3 is 6.09 Å². The molecule has 0 radical (unpaired) electrons. The van der Waals surface area contributed by atoms with Crippen molar-refractivity contribution >= 4 is 45.3 Å². The minimum atomic E-state index is -1.02. The quantitative estimate of drug-likeness (QED) is 0.167. The molecule has 0 atom stereocenters. The lowest BCUT2D eigenvalue weighted by Crippen LogP contribution is -2.41. The minimum absolute atomic E-state index is 0.129. The molecule has 1 saturated heterocycles. The fourth-order valence-corrected chi connectivity index (χ4v) is 6.32. The standard InChI is InChI=1S/C34H40FN5O5S/c1-4-5-6-9-18-45-33(43)40-32-25(21-28(46-32)31(42)37-34(2,3)26-10-7-8-11-27(26)35)29(38-40)36-30(41)24-14-12-23(13-15-24)22-39-16-19-44-20-17-39/h7-8,10-15,21H,4-6,9,16-20,22H2,1-3H3,(H,37,42)(H,36,38,41). The van der Waals surface area contributed by atoms with Crippen molar-refractivity contribution in [3.63, 3.8) is 0 Å². The van der Waals surface area contributed by atoms with Crippen molar-refractivity contribution in [2.45, 2.75) is 58.5 Å². The smallest absolute Gasteiger partial charge is 0.436 e. The van der Waals surface area contributed by atoms with Crippen LogP contribution in [0.1, 0.15) is 77.6 Å². The molecule has 2 N–H and O–H groups in total. The zero-order valence-corrected chi connectivity index (χ0v) is 27.3. The lowest BCUT2D eigenvalue weighted by molar-refractivity contribution is 0.0342. The average Bonchev–Trinajstić information content (AvgIpc) is 3.62. The first-order valence-corrected chi connectivity index (χ1v) is 16.5. The number of nitrogens with one attached hydrogen (secondary N) is 2. The fraction of sp³-hybridized carbons (Fsp3) is 0.412. The van der Waals surface area contributed by atoms with Crippen LogP contribution in [-0.4, -0.2) is 65.5 Å². The highest BCUT2D eigenvalue weighted by Crippen LogP contribution is 2.33. The Balaban J connectivity index is 1.37. The zero-order chi connectivity index (χ0) is 32.7. The minimum Gasteiger partial charge on any atom is -0.448 e. The first kappa shape index (κ1) is 33.2. The molecule has 5 rings (SSSR count). The van der Waals surface area contributed by atoms with Gasteiger partial charge in [0, 0.05) is 30.8 Å². The molecule has 46 heavy (non-hydrogen) atoms. The number of halogens is 1. The van der Waals surface area contributed by atoms with Crippen molar-refractivity contribution < 1.29 is 28.2 Å². The topological polar surface area (TPSA) is 115 Å². The highest BCUT2D eigenvalue weighted by atomic mass is 32.1. The van der Waals surface area contributed by atoms with Gasteiger partial charge in [0.1, 0.15) is 10.6 Å². The number of carbonyl (C=O) groups excluding carboxylic acids is 3. The molecule has 0 spiro atoms. The number of hydrogen-bond donors (Lipinski definition) is 2. The monoisotopic (exact) mass is 649 g/mol. The van der Waals surface area contributed by atoms with Gasteiger partial charge in [-0.15, -0.1) is 16.4 Å². The molecular formula is C34H40FN5O5S. The van der Waals surface area contributed by atoms with Crippen molar-refractivity contribution in [2.75, 3.05) is 38.2 Å². The molecule has 2 amide bonds. The number of amides is 2. The van der Waals surface area contributed by atoms with Gasteiger partial charge in [0.15, 0.2) is 5.82 Å². The van der Waals surface area contributed by atoms with Gasteiger partial charge in [-0.3, -0.25) is 14.5 Å². The van der Waals surface area contributed by atoms with Crippen LogP contribution in [0.15, 0.2) is 54.6 Å². The maximum atomic E-state index is 14.6. The van der Waals surface area contributed by atoms with Crippen LogP contribution in [0.5, 0.6) is 0 Å². The maximum Gasteiger partial charge on any atom is 0.436 e. The summed E-state index contributed by atoms with van der Waals surface area (Å²) in [6.45, 7) is 9.68. The number of thiophene rings is 1. The van der Waals surface area contributed by atoms with E-state index in [1.54, 1.807) is 50.2 Å². The van der Waals surface area contributed by atoms with E-state index in [2.05, 4.69) is 27.6 Å². The molecule has 12 heteroatoms. The first-order chi connectivity index (χ1) is 22.2. The van der Waals surface area contributed by atoms with Crippen LogP contribution >= 0.6 is 11.3 Å². The van der Waals surface area contributed by atoms with Crippen molar-refractivity contribution in [3.8, 4) is 0 Å². The molecule has 1 fully saturated rings. The Bertz CT molecular complexity index is 1680. The second-order valence-corrected chi connectivity index (χ2v) is 12.9. The van der Waals surface area contributed by atoms with Crippen molar-refractivity contribution in [1.82, 2.24) is 20.0 Å². The molecule has 4 aromatic rings. The summed E-state index contributed by atoms with van der Waals surface area (Å²) >= 11 is 1.04. The van der Waals surface area contributed by atoms with E-state index in [9.17, 15) is 18.8 Å². The third-order valence-corrected chi connectivity index (χ3v) is 9.02. The van der Waals surface area contributed by atoms with E-state index < -0.39 is 29.3 Å². The van der Waals surface area contributed by atoms with Gasteiger partial charge < -0.3 is 20.1 Å². The number of carbonyl (C=O) groups is 3. The van der Waals surface area contributed by atoms with Gasteiger partial charge in [0.05, 0.1) is 35.6 Å². The average molecular weight is 650 g/mol. The summed E-state index contributed by atoms with van der Waals surface area (Å²) in [6.07, 6.45) is 3.06. The van der Waals surface area contributed by atoms with Gasteiger partial charge in [-0.25, -0.2) is 9.18 Å². The number of hydrogen-bond acceptors (Lipinski definition) is 8. The number of nitrogens with zero attached hydrogens (tertiary/aromatic N) is 3. The normalized spacial score (nSPS) is 13.9. The Hall–Kier alpha value is -4.13. The van der Waals surface area contributed by atoms with E-state index in [0.717, 1.165) is 66.9 Å². The third-order valence-electron chi connectivity index (χ3n) is 7.91. The van der Waals surface area contributed by atoms with Crippen LogP contribution in [0.4, 0.5) is 15.0 Å². The Kier molecular flexibility index (Phi) is 10.8. The highest BCUT2D eigenvalue weighted by molar-refractivity contribution is 7.20. The SMILES string of the molecule is CCCCCCOC(=O)n1nc(NC(=O)c2ccc(CN3CCOCC3)cc2)c2cc(C(=O)NC(C)(C)c3ccccc3F)sc21. The van der Waals surface area contributed by atoms with Gasteiger partial charge in [-0.2, -0.15) is 4.68 Å². The molecule has 2 aromatic carbocycles. The van der Waals surface area contributed by atoms with Crippen LogP contribution < -0.4 is 10.6 Å². The number of fused-ring (bicyclic) bond motifs is 1. The van der Waals surface area contributed by atoms with Gasteiger partial charge in [0.25, 0.3) is 11.8 Å². The van der Waals surface area contributed by atoms with E-state index in [1.165, 1.54) is 6.07 Å². The predicted octanol–water partition coefficient (Wildman–Crippen LogP) is 6.55. The second kappa shape index (κ2) is 15.0. The molecular weight excluding hydrogens is 609 g/mol. The van der Waals surface area contributed by atoms with Gasteiger partial charge in [0.2, 0.25) is 0 Å². The van der Waals surface area contributed by atoms with E-state index >= 15 is 0 Å². The lowest BCUT2D eigenvalue weighted by Gasteiger charge is -2.27. The molecule has 1 aliphatic rings. The number of morpholine rings is 1. The molecule has 244 valence electrons. The van der Waals surface area contributed by atoms with Crippen molar-refractivity contribution in [1.29, 1.82) is 0 Å². The first-order valence-electron chi connectivity index (χ1n) is 15.6. The lowest BCUT2D eigenvalue weighted by atomic mass is 9.93. The fourth-order valence-electron chi connectivity index (χ4n) is 5.32. The molecule has 0 aliphatic carbocycles. The molecule has 1 aliphatic heterocycles. The summed E-state index contributed by atoms with van der Waals surface area (Å²) < 4.78 is 26.5. The number of benzene rings is 2. The predicted molar refractivity (Wildman–Crippen MR) is 176 cm³/mol. The Morgan fingerprint density at radius 2 is 1.76 bits per heavy atom. The van der Waals surface area contributed by atoms with E-state index in [1.807, 2.05) is 12.1 Å². The maximum absolute atomic E-state index is 14.6. The molecule has 0 bridgehead atoms. The number of unbranched alkanes of at least 4 members (excludes halogenated alkanes) is 3. The summed E-state index contributed by atoms with van der Waals surface area (Å²) in [7, 11) is 0. The van der Waals surface area contributed by atoms with Crippen LogP contribution in [0.3, 0.4) is 0 Å². The van der Waals surface area contributed by atoms with E-state index in [0.29, 0.717) is 34.6 Å². The molecule has 0 unspecified atom stereocenters. The van der Waals surface area contributed by atoms with Gasteiger partial charge in [-0.05, 0) is 50.1 Å². The zero-order valence-electron chi connectivity index (χ0n) is 26.4. The van der Waals surface area contributed by atoms with Crippen molar-refractivity contribution in [3.05, 3.63) is 82.0 Å². The van der Waals surface area contributed by atoms with E-state index in [4.69, 9.17) is 9.47 Å². The molecule has 2 aromatic heterocycles. The van der Waals surface area contributed by atoms with Crippen LogP contribution in [0, 0.1) is 5.82 Å². The molecule has 10 nitrogen and oxygen atoms in total. The highest BCUT2D eigenvalue weighted by Gasteiger charge is 2.29. The van der Waals surface area contributed by atoms with Gasteiger partial charge in [-0.1, -0.05) is 56.5 Å². The van der Waals surface area contributed by atoms with E-state index in [-0.39, 0.29) is 17.3 Å². The molecule has 3 heterocycles. The number of aromatic nitrogens is 2. The Morgan fingerprint density at radius 1 is 1.02 bits per heavy atom. The summed E-state index contributed by atoms with van der Waals surface area (Å²) in [5.74, 6) is -1.16. The van der Waals surface area contributed by atoms with Crippen LogP contribution in [-0.2, 0) is 21.6 Å². The summed E-state index contributed by atoms with van der Waals surface area (Å²) in [4.78, 5) is 42.8. The second-order valence-electron chi connectivity index (χ2n) is 11.9. The molecule has 0 saturated carbocycles. The number of anilines is 1. The summed E-state index contributed by atoms with van der Waals surface area (Å²) in [5.41, 5.74) is 0.823. The Morgan fingerprint density at radius 3 is 2.48 bits per heavy atom. The summed E-state index contributed by atoms with van der Waals surface area (Å²) in [6, 6.07) is 15.2. The van der Waals surface area contributed by atoms with Crippen LogP contribution in [0.25, 0.3) is 10.2 Å². The largest absolute Gasteiger partial charge is 0.448 e. The van der Waals surface area contributed by atoms with Crippen molar-refractivity contribution in [2.24, 2.45) is 0 Å². The Labute approximate surface area is 271 Å². The number of rotatable bonds is 12. The summed E-state index contributed by atoms with van der Waals surface area (Å²) in [5, 5.41) is 10.5. The number of ether oxygens (including phenoxy) is 2. The van der Waals surface area contributed by atoms with Crippen LogP contribution in [0.2, 0.25) is 0 Å². The third kappa shape index (κ3) is 7.98.